The van der Waals surface area contributed by atoms with Gasteiger partial charge in [0.15, 0.2) is 0 Å². The molecule has 0 radical (unpaired) electrons. The van der Waals surface area contributed by atoms with E-state index in [4.69, 9.17) is 0 Å². The van der Waals surface area contributed by atoms with E-state index in [-0.39, 0.29) is 5.66 Å². The number of nitrogens with zero attached hydrogens (tertiary/aromatic N) is 3. The van der Waals surface area contributed by atoms with Gasteiger partial charge in [-0.05, 0) is 50.3 Å². The molecule has 4 heterocycles. The fraction of sp³-hybridized carbons (Fsp3) is 0.421. The maximum atomic E-state index is 11.5. The number of carbonyl (C=O) groups is 1. The van der Waals surface area contributed by atoms with E-state index in [2.05, 4.69) is 38.5 Å². The topological polar surface area (TPSA) is 90.4 Å². The lowest BCUT2D eigenvalue weighted by molar-refractivity contribution is 0.0586. The summed E-state index contributed by atoms with van der Waals surface area (Å²) in [6.45, 7) is 5.71. The Labute approximate surface area is 160 Å². The molecule has 0 aromatic carbocycles. The summed E-state index contributed by atoms with van der Waals surface area (Å²) in [6.07, 6.45) is 7.30. The standard InChI is InChI=1S/C19H21N5O2S/c1-10-6-12(8-24-13(10)7-22-19(24)4-3-5-19)23-16-14-11(2)15(18(25)26)27-17(14)21-9-20-16/h6,9,22H,3-5,7-8H2,1-2H3,(H,25,26)(H,20,21,23). The molecular formula is C19H21N5O2S. The molecule has 3 aliphatic rings. The van der Waals surface area contributed by atoms with Gasteiger partial charge in [0, 0.05) is 17.9 Å². The van der Waals surface area contributed by atoms with Crippen LogP contribution in [0.25, 0.3) is 10.2 Å². The Morgan fingerprint density at radius 3 is 2.89 bits per heavy atom. The molecule has 2 aromatic rings. The normalized spacial score (nSPS) is 20.7. The number of anilines is 1. The van der Waals surface area contributed by atoms with Gasteiger partial charge in [0.05, 0.1) is 17.6 Å². The summed E-state index contributed by atoms with van der Waals surface area (Å²) in [5.74, 6) is -0.240. The van der Waals surface area contributed by atoms with Gasteiger partial charge in [-0.3, -0.25) is 5.32 Å². The Morgan fingerprint density at radius 1 is 1.37 bits per heavy atom. The van der Waals surface area contributed by atoms with Crippen molar-refractivity contribution in [3.63, 3.8) is 0 Å². The smallest absolute Gasteiger partial charge is 0.346 e. The minimum absolute atomic E-state index is 0.119. The highest BCUT2D eigenvalue weighted by Gasteiger charge is 2.48. The predicted molar refractivity (Wildman–Crippen MR) is 105 cm³/mol. The van der Waals surface area contributed by atoms with E-state index in [1.54, 1.807) is 0 Å². The third-order valence-corrected chi connectivity index (χ3v) is 7.17. The molecule has 1 saturated heterocycles. The average Bonchev–Trinajstić information content (AvgIpc) is 3.14. The van der Waals surface area contributed by atoms with E-state index in [9.17, 15) is 9.90 Å². The van der Waals surface area contributed by atoms with Crippen LogP contribution in [0.15, 0.2) is 29.4 Å². The van der Waals surface area contributed by atoms with E-state index < -0.39 is 5.97 Å². The van der Waals surface area contributed by atoms with Crippen LogP contribution >= 0.6 is 11.3 Å². The first-order valence-corrected chi connectivity index (χ1v) is 9.97. The Kier molecular flexibility index (Phi) is 3.57. The molecule has 5 rings (SSSR count). The van der Waals surface area contributed by atoms with E-state index in [1.807, 2.05) is 6.92 Å². The van der Waals surface area contributed by atoms with Crippen molar-refractivity contribution in [1.82, 2.24) is 20.2 Å². The first-order valence-electron chi connectivity index (χ1n) is 9.16. The second kappa shape index (κ2) is 5.77. The molecular weight excluding hydrogens is 362 g/mol. The Bertz CT molecular complexity index is 1030. The molecule has 8 heteroatoms. The quantitative estimate of drug-likeness (QED) is 0.750. The second-order valence-electron chi connectivity index (χ2n) is 7.51. The van der Waals surface area contributed by atoms with E-state index in [1.165, 1.54) is 48.2 Å². The summed E-state index contributed by atoms with van der Waals surface area (Å²) in [7, 11) is 0. The van der Waals surface area contributed by atoms with Crippen LogP contribution in [0.1, 0.15) is 41.4 Å². The Balaban J connectivity index is 1.51. The lowest BCUT2D eigenvalue weighted by Crippen LogP contribution is -2.57. The average molecular weight is 383 g/mol. The van der Waals surface area contributed by atoms with Gasteiger partial charge in [-0.25, -0.2) is 14.8 Å². The third kappa shape index (κ3) is 2.40. The van der Waals surface area contributed by atoms with E-state index >= 15 is 0 Å². The summed E-state index contributed by atoms with van der Waals surface area (Å²) >= 11 is 1.20. The fourth-order valence-electron chi connectivity index (χ4n) is 4.41. The highest BCUT2D eigenvalue weighted by molar-refractivity contribution is 7.20. The number of rotatable bonds is 3. The summed E-state index contributed by atoms with van der Waals surface area (Å²) in [6, 6.07) is 0. The van der Waals surface area contributed by atoms with Crippen LogP contribution < -0.4 is 10.6 Å². The summed E-state index contributed by atoms with van der Waals surface area (Å²) in [4.78, 5) is 23.7. The number of nitrogens with one attached hydrogen (secondary N) is 2. The number of allylic oxidation sites excluding steroid dienone is 2. The van der Waals surface area contributed by atoms with Crippen LogP contribution in [-0.4, -0.2) is 44.7 Å². The number of aromatic nitrogens is 2. The van der Waals surface area contributed by atoms with Gasteiger partial charge in [-0.2, -0.15) is 0 Å². The van der Waals surface area contributed by atoms with Crippen molar-refractivity contribution < 1.29 is 9.90 Å². The number of thiophene rings is 1. The number of aryl methyl sites for hydroxylation is 1. The Hall–Kier alpha value is -2.45. The number of aromatic carboxylic acids is 1. The molecule has 0 unspecified atom stereocenters. The first-order chi connectivity index (χ1) is 13.0. The van der Waals surface area contributed by atoms with Crippen LogP contribution in [0.5, 0.6) is 0 Å². The molecule has 0 bridgehead atoms. The maximum Gasteiger partial charge on any atom is 0.346 e. The molecule has 2 fully saturated rings. The minimum atomic E-state index is -0.920. The van der Waals surface area contributed by atoms with E-state index in [0.29, 0.717) is 21.1 Å². The van der Waals surface area contributed by atoms with Crippen molar-refractivity contribution in [3.8, 4) is 0 Å². The molecule has 0 amide bonds. The molecule has 1 aliphatic carbocycles. The van der Waals surface area contributed by atoms with Crippen LogP contribution in [-0.2, 0) is 0 Å². The largest absolute Gasteiger partial charge is 0.477 e. The zero-order valence-corrected chi connectivity index (χ0v) is 16.1. The van der Waals surface area contributed by atoms with Gasteiger partial charge in [-0.15, -0.1) is 11.3 Å². The summed E-state index contributed by atoms with van der Waals surface area (Å²) in [5.41, 5.74) is 4.56. The van der Waals surface area contributed by atoms with Crippen molar-refractivity contribution in [3.05, 3.63) is 39.8 Å². The lowest BCUT2D eigenvalue weighted by atomic mass is 9.83. The maximum absolute atomic E-state index is 11.5. The number of hydrogen-bond donors (Lipinski definition) is 3. The van der Waals surface area contributed by atoms with Crippen LogP contribution in [0, 0.1) is 6.92 Å². The first kappa shape index (κ1) is 16.7. The van der Waals surface area contributed by atoms with Gasteiger partial charge in [0.2, 0.25) is 0 Å². The van der Waals surface area contributed by atoms with Gasteiger partial charge in [0.25, 0.3) is 0 Å². The van der Waals surface area contributed by atoms with Gasteiger partial charge in [-0.1, -0.05) is 0 Å². The van der Waals surface area contributed by atoms with Crippen molar-refractivity contribution in [2.75, 3.05) is 18.4 Å². The predicted octanol–water partition coefficient (Wildman–Crippen LogP) is 3.07. The minimum Gasteiger partial charge on any atom is -0.477 e. The van der Waals surface area contributed by atoms with Crippen molar-refractivity contribution in [1.29, 1.82) is 0 Å². The molecule has 1 spiro atoms. The van der Waals surface area contributed by atoms with Crippen molar-refractivity contribution in [2.45, 2.75) is 38.8 Å². The van der Waals surface area contributed by atoms with Gasteiger partial charge >= 0.3 is 5.97 Å². The number of carboxylic acid groups (broad SMARTS) is 1. The number of hydrogen-bond acceptors (Lipinski definition) is 7. The highest BCUT2D eigenvalue weighted by Crippen LogP contribution is 2.44. The molecule has 2 aliphatic heterocycles. The number of fused-ring (bicyclic) bond motifs is 3. The second-order valence-corrected chi connectivity index (χ2v) is 8.51. The molecule has 27 heavy (non-hydrogen) atoms. The van der Waals surface area contributed by atoms with Crippen molar-refractivity contribution >= 4 is 33.3 Å². The van der Waals surface area contributed by atoms with Crippen LogP contribution in [0.3, 0.4) is 0 Å². The zero-order chi connectivity index (χ0) is 18.8. The van der Waals surface area contributed by atoms with E-state index in [0.717, 1.165) is 24.2 Å². The lowest BCUT2D eigenvalue weighted by Gasteiger charge is -2.48. The van der Waals surface area contributed by atoms with Crippen LogP contribution in [0.4, 0.5) is 5.82 Å². The molecule has 2 aromatic heterocycles. The zero-order valence-electron chi connectivity index (χ0n) is 15.3. The van der Waals surface area contributed by atoms with Gasteiger partial charge < -0.3 is 15.3 Å². The Morgan fingerprint density at radius 2 is 2.19 bits per heavy atom. The summed E-state index contributed by atoms with van der Waals surface area (Å²) < 4.78 is 0. The molecule has 7 nitrogen and oxygen atoms in total. The number of carboxylic acids is 1. The monoisotopic (exact) mass is 383 g/mol. The third-order valence-electron chi connectivity index (χ3n) is 5.98. The fourth-order valence-corrected chi connectivity index (χ4v) is 5.40. The molecule has 0 atom stereocenters. The SMILES string of the molecule is CC1=C2CNC3(CCC3)N2CC(Nc2ncnc3sc(C(=O)O)c(C)c23)=C1. The molecule has 140 valence electrons. The van der Waals surface area contributed by atoms with Crippen molar-refractivity contribution in [2.24, 2.45) is 0 Å². The van der Waals surface area contributed by atoms with Crippen LogP contribution in [0.2, 0.25) is 0 Å². The highest BCUT2D eigenvalue weighted by atomic mass is 32.1. The molecule has 1 saturated carbocycles. The summed E-state index contributed by atoms with van der Waals surface area (Å²) in [5, 5.41) is 17.4. The molecule has 3 N–H and O–H groups in total. The van der Waals surface area contributed by atoms with Gasteiger partial charge in [0.1, 0.15) is 21.9 Å².